The second-order valence-corrected chi connectivity index (χ2v) is 2.71. The van der Waals surface area contributed by atoms with Crippen LogP contribution in [0.15, 0.2) is 0 Å². The van der Waals surface area contributed by atoms with Crippen LogP contribution in [0.2, 0.25) is 0 Å². The van der Waals surface area contributed by atoms with Crippen LogP contribution in [-0.4, -0.2) is 56.7 Å². The Morgan fingerprint density at radius 2 is 1.07 bits per heavy atom. The lowest BCUT2D eigenvalue weighted by atomic mass is 10.0. The van der Waals surface area contributed by atoms with Gasteiger partial charge in [0.05, 0.1) is 0 Å². The molecule has 0 aromatic heterocycles. The molecule has 0 fully saturated rings. The van der Waals surface area contributed by atoms with Gasteiger partial charge < -0.3 is 31.9 Å². The largest absolute Gasteiger partial charge is 0.480 e. The van der Waals surface area contributed by atoms with E-state index in [-0.39, 0.29) is 0 Å². The van der Waals surface area contributed by atoms with E-state index in [1.165, 1.54) is 0 Å². The number of aliphatic hydroxyl groups excluding tert-OH is 2. The molecule has 0 spiro atoms. The van der Waals surface area contributed by atoms with Crippen LogP contribution in [0.4, 0.5) is 0 Å². The van der Waals surface area contributed by atoms with Gasteiger partial charge in [0.25, 0.3) is 0 Å². The third-order valence-electron chi connectivity index (χ3n) is 1.66. The zero-order valence-electron chi connectivity index (χ0n) is 7.07. The topological polar surface area (TPSA) is 167 Å². The first-order valence-electron chi connectivity index (χ1n) is 3.62. The normalized spacial score (nSPS) is 19.4. The number of nitrogens with two attached hydrogens (primary N) is 2. The van der Waals surface area contributed by atoms with Crippen LogP contribution in [0.5, 0.6) is 0 Å². The quantitative estimate of drug-likeness (QED) is 0.271. The molecule has 4 atom stereocenters. The predicted molar refractivity (Wildman–Crippen MR) is 43.2 cm³/mol. The zero-order chi connectivity index (χ0) is 11.5. The lowest BCUT2D eigenvalue weighted by molar-refractivity contribution is -0.149. The lowest BCUT2D eigenvalue weighted by Crippen LogP contribution is -2.56. The summed E-state index contributed by atoms with van der Waals surface area (Å²) >= 11 is 0. The van der Waals surface area contributed by atoms with Crippen molar-refractivity contribution in [1.29, 1.82) is 0 Å². The van der Waals surface area contributed by atoms with Gasteiger partial charge in [-0.25, -0.2) is 0 Å². The minimum absolute atomic E-state index is 1.56. The maximum absolute atomic E-state index is 10.3. The Balaban J connectivity index is 4.45. The van der Waals surface area contributed by atoms with Gasteiger partial charge in [0.1, 0.15) is 24.3 Å². The molecule has 0 amide bonds. The number of carboxylic acids is 2. The molecular formula is C6H12N2O6. The van der Waals surface area contributed by atoms with E-state index in [2.05, 4.69) is 0 Å². The molecule has 0 saturated carbocycles. The first-order chi connectivity index (χ1) is 6.29. The fourth-order valence-corrected chi connectivity index (χ4v) is 0.717. The maximum atomic E-state index is 10.3. The predicted octanol–water partition coefficient (Wildman–Crippen LogP) is -3.47. The van der Waals surface area contributed by atoms with Crippen LogP contribution in [0, 0.1) is 0 Å². The standard InChI is InChI=1S/C6H12N2O6/c7-1(5(11)12)3(9)4(10)2(8)6(13)14/h1-4,9-10H,7-8H2,(H,11,12)(H,13,14). The van der Waals surface area contributed by atoms with E-state index in [0.717, 1.165) is 0 Å². The SMILES string of the molecule is NC(C(=O)O)C(O)C(O)C(N)C(=O)O. The minimum Gasteiger partial charge on any atom is -0.480 e. The summed E-state index contributed by atoms with van der Waals surface area (Å²) in [6.45, 7) is 0. The summed E-state index contributed by atoms with van der Waals surface area (Å²) in [5.74, 6) is -3.12. The number of hydrogen-bond acceptors (Lipinski definition) is 6. The zero-order valence-corrected chi connectivity index (χ0v) is 7.07. The van der Waals surface area contributed by atoms with E-state index >= 15 is 0 Å². The molecule has 0 aromatic carbocycles. The molecule has 8 heteroatoms. The van der Waals surface area contributed by atoms with Crippen molar-refractivity contribution in [1.82, 2.24) is 0 Å². The van der Waals surface area contributed by atoms with Crippen LogP contribution < -0.4 is 11.5 Å². The monoisotopic (exact) mass is 208 g/mol. The molecule has 82 valence electrons. The molecule has 8 nitrogen and oxygen atoms in total. The van der Waals surface area contributed by atoms with E-state index < -0.39 is 36.2 Å². The van der Waals surface area contributed by atoms with Crippen molar-refractivity contribution in [3.8, 4) is 0 Å². The Hall–Kier alpha value is -1.22. The van der Waals surface area contributed by atoms with E-state index in [1.807, 2.05) is 0 Å². The first-order valence-corrected chi connectivity index (χ1v) is 3.62. The Labute approximate surface area is 78.7 Å². The van der Waals surface area contributed by atoms with Gasteiger partial charge in [0.15, 0.2) is 0 Å². The van der Waals surface area contributed by atoms with Crippen LogP contribution >= 0.6 is 0 Å². The highest BCUT2D eigenvalue weighted by atomic mass is 16.4. The molecule has 0 saturated heterocycles. The van der Waals surface area contributed by atoms with Crippen molar-refractivity contribution in [3.05, 3.63) is 0 Å². The molecule has 0 aromatic rings. The summed E-state index contributed by atoms with van der Waals surface area (Å²) in [6.07, 6.45) is -3.86. The van der Waals surface area contributed by atoms with Crippen LogP contribution in [-0.2, 0) is 9.59 Å². The summed E-state index contributed by atoms with van der Waals surface area (Å²) < 4.78 is 0. The van der Waals surface area contributed by atoms with Gasteiger partial charge in [-0.2, -0.15) is 0 Å². The molecule has 14 heavy (non-hydrogen) atoms. The second kappa shape index (κ2) is 4.86. The molecule has 4 unspecified atom stereocenters. The fraction of sp³-hybridized carbons (Fsp3) is 0.667. The Morgan fingerprint density at radius 1 is 0.857 bits per heavy atom. The van der Waals surface area contributed by atoms with Gasteiger partial charge in [-0.15, -0.1) is 0 Å². The molecular weight excluding hydrogens is 196 g/mol. The Morgan fingerprint density at radius 3 is 1.21 bits per heavy atom. The van der Waals surface area contributed by atoms with E-state index in [0.29, 0.717) is 0 Å². The van der Waals surface area contributed by atoms with Crippen molar-refractivity contribution in [3.63, 3.8) is 0 Å². The third-order valence-corrected chi connectivity index (χ3v) is 1.66. The van der Waals surface area contributed by atoms with Crippen LogP contribution in [0.3, 0.4) is 0 Å². The van der Waals surface area contributed by atoms with Gasteiger partial charge in [-0.05, 0) is 0 Å². The van der Waals surface area contributed by atoms with Crippen molar-refractivity contribution in [2.24, 2.45) is 11.5 Å². The minimum atomic E-state index is -1.93. The van der Waals surface area contributed by atoms with Crippen molar-refractivity contribution >= 4 is 11.9 Å². The number of carboxylic acid groups (broad SMARTS) is 2. The molecule has 0 heterocycles. The number of aliphatic carboxylic acids is 2. The summed E-state index contributed by atoms with van der Waals surface area (Å²) in [5, 5.41) is 34.8. The van der Waals surface area contributed by atoms with E-state index in [4.69, 9.17) is 31.9 Å². The average Bonchev–Trinajstić information content (AvgIpc) is 2.12. The fourth-order valence-electron chi connectivity index (χ4n) is 0.717. The molecule has 8 N–H and O–H groups in total. The highest BCUT2D eigenvalue weighted by Gasteiger charge is 2.35. The van der Waals surface area contributed by atoms with Gasteiger partial charge in [0.2, 0.25) is 0 Å². The van der Waals surface area contributed by atoms with Crippen LogP contribution in [0.1, 0.15) is 0 Å². The van der Waals surface area contributed by atoms with Crippen LogP contribution in [0.25, 0.3) is 0 Å². The molecule has 0 bridgehead atoms. The van der Waals surface area contributed by atoms with Gasteiger partial charge >= 0.3 is 11.9 Å². The molecule has 0 rings (SSSR count). The number of carbonyl (C=O) groups is 2. The molecule has 0 radical (unpaired) electrons. The van der Waals surface area contributed by atoms with E-state index in [1.54, 1.807) is 0 Å². The number of aliphatic hydroxyl groups is 2. The molecule has 0 aliphatic heterocycles. The summed E-state index contributed by atoms with van der Waals surface area (Å²) in [5.41, 5.74) is 9.88. The van der Waals surface area contributed by atoms with Gasteiger partial charge in [0, 0.05) is 0 Å². The highest BCUT2D eigenvalue weighted by Crippen LogP contribution is 2.02. The summed E-state index contributed by atoms with van der Waals surface area (Å²) in [6, 6.07) is -3.56. The van der Waals surface area contributed by atoms with Crippen molar-refractivity contribution in [2.75, 3.05) is 0 Å². The first kappa shape index (κ1) is 12.8. The second-order valence-electron chi connectivity index (χ2n) is 2.71. The van der Waals surface area contributed by atoms with Crippen molar-refractivity contribution in [2.45, 2.75) is 24.3 Å². The average molecular weight is 208 g/mol. The molecule has 0 aliphatic carbocycles. The Kier molecular flexibility index (Phi) is 4.44. The van der Waals surface area contributed by atoms with Crippen molar-refractivity contribution < 1.29 is 30.0 Å². The van der Waals surface area contributed by atoms with Gasteiger partial charge in [-0.1, -0.05) is 0 Å². The summed E-state index contributed by atoms with van der Waals surface area (Å²) in [7, 11) is 0. The summed E-state index contributed by atoms with van der Waals surface area (Å²) in [4.78, 5) is 20.5. The highest BCUT2D eigenvalue weighted by molar-refractivity contribution is 5.76. The van der Waals surface area contributed by atoms with E-state index in [9.17, 15) is 9.59 Å². The maximum Gasteiger partial charge on any atom is 0.323 e. The van der Waals surface area contributed by atoms with Gasteiger partial charge in [-0.3, -0.25) is 9.59 Å². The third kappa shape index (κ3) is 2.92. The Bertz CT molecular complexity index is 208. The smallest absolute Gasteiger partial charge is 0.323 e. The lowest BCUT2D eigenvalue weighted by Gasteiger charge is -2.23. The number of hydrogen-bond donors (Lipinski definition) is 6. The molecule has 0 aliphatic rings. The number of rotatable bonds is 5.